The van der Waals surface area contributed by atoms with Crippen LogP contribution in [0.15, 0.2) is 6.20 Å². The zero-order chi connectivity index (χ0) is 15.4. The van der Waals surface area contributed by atoms with E-state index >= 15 is 0 Å². The molecule has 3 heterocycles. The number of hydrogen-bond donors (Lipinski definition) is 0. The van der Waals surface area contributed by atoms with E-state index in [9.17, 15) is 4.39 Å². The van der Waals surface area contributed by atoms with Crippen LogP contribution in [0, 0.1) is 5.82 Å². The van der Waals surface area contributed by atoms with E-state index in [1.165, 1.54) is 6.20 Å². The van der Waals surface area contributed by atoms with E-state index in [0.717, 1.165) is 6.42 Å². The Kier molecular flexibility index (Phi) is 3.52. The second-order valence-electron chi connectivity index (χ2n) is 5.26. The molecule has 0 bridgehead atoms. The summed E-state index contributed by atoms with van der Waals surface area (Å²) in [6.07, 6.45) is 2.24. The summed E-state index contributed by atoms with van der Waals surface area (Å²) in [5, 5.41) is 0.0565. The lowest BCUT2D eigenvalue weighted by molar-refractivity contribution is 0.124. The molecule has 9 heteroatoms. The molecule has 3 unspecified atom stereocenters. The number of aromatic nitrogens is 3. The number of hydrogen-bond acceptors (Lipinski definition) is 5. The first-order valence-electron chi connectivity index (χ1n) is 6.77. The maximum Gasteiger partial charge on any atom is 0.225 e. The van der Waals surface area contributed by atoms with Crippen molar-refractivity contribution in [1.29, 1.82) is 0 Å². The topological polar surface area (TPSA) is 51.1 Å². The van der Waals surface area contributed by atoms with E-state index < -0.39 is 5.82 Å². The normalized spacial score (nSPS) is 27.6. The average molecular weight is 364 g/mol. The molecule has 5 nitrogen and oxygen atoms in total. The fourth-order valence-corrected chi connectivity index (χ4v) is 3.56. The summed E-state index contributed by atoms with van der Waals surface area (Å²) in [6.45, 7) is 1.33. The average Bonchev–Trinajstić information content (AvgIpc) is 3.18. The van der Waals surface area contributed by atoms with Crippen molar-refractivity contribution < 1.29 is 9.13 Å². The van der Waals surface area contributed by atoms with Crippen molar-refractivity contribution in [2.24, 2.45) is 0 Å². The first-order chi connectivity index (χ1) is 10.6. The third-order valence-corrected chi connectivity index (χ3v) is 4.85. The molecule has 2 aliphatic rings. The summed E-state index contributed by atoms with van der Waals surface area (Å²) in [6, 6.07) is -0.00271. The predicted molar refractivity (Wildman–Crippen MR) is 82.4 cm³/mol. The van der Waals surface area contributed by atoms with E-state index in [2.05, 4.69) is 15.0 Å². The first-order valence-corrected chi connectivity index (χ1v) is 7.96. The second kappa shape index (κ2) is 5.30. The molecule has 0 spiro atoms. The summed E-state index contributed by atoms with van der Waals surface area (Å²) in [4.78, 5) is 14.1. The van der Waals surface area contributed by atoms with E-state index in [-0.39, 0.29) is 33.5 Å². The van der Waals surface area contributed by atoms with Gasteiger partial charge in [-0.15, -0.1) is 11.6 Å². The van der Waals surface area contributed by atoms with Crippen molar-refractivity contribution in [3.63, 3.8) is 0 Å². The van der Waals surface area contributed by atoms with Crippen LogP contribution in [0.4, 0.5) is 10.2 Å². The van der Waals surface area contributed by atoms with Gasteiger partial charge in [0.1, 0.15) is 11.3 Å². The molecule has 2 fully saturated rings. The maximum absolute atomic E-state index is 14.2. The van der Waals surface area contributed by atoms with E-state index in [1.807, 2.05) is 4.90 Å². The number of pyridine rings is 1. The zero-order valence-electron chi connectivity index (χ0n) is 11.1. The van der Waals surface area contributed by atoms with Gasteiger partial charge < -0.3 is 9.64 Å². The minimum atomic E-state index is -0.703. The Morgan fingerprint density at radius 3 is 2.95 bits per heavy atom. The molecule has 0 N–H and O–H groups in total. The lowest BCUT2D eigenvalue weighted by Crippen LogP contribution is -2.30. The molecule has 1 aliphatic carbocycles. The Hall–Kier alpha value is -0.950. The van der Waals surface area contributed by atoms with Crippen molar-refractivity contribution in [2.75, 3.05) is 18.1 Å². The Bertz CT molecular complexity index is 762. The monoisotopic (exact) mass is 362 g/mol. The number of alkyl halides is 1. The molecule has 116 valence electrons. The smallest absolute Gasteiger partial charge is 0.225 e. The van der Waals surface area contributed by atoms with Crippen LogP contribution in [0.3, 0.4) is 0 Å². The number of ether oxygens (including phenoxy) is 1. The predicted octanol–water partition coefficient (Wildman–Crippen LogP) is 3.06. The summed E-state index contributed by atoms with van der Waals surface area (Å²) < 4.78 is 19.8. The lowest BCUT2D eigenvalue weighted by Gasteiger charge is -2.23. The Morgan fingerprint density at radius 1 is 1.32 bits per heavy atom. The summed E-state index contributed by atoms with van der Waals surface area (Å²) >= 11 is 18.0. The summed E-state index contributed by atoms with van der Waals surface area (Å²) in [5.41, 5.74) is 0.0588. The molecule has 2 aromatic rings. The second-order valence-corrected chi connectivity index (χ2v) is 6.46. The Balaban J connectivity index is 1.89. The van der Waals surface area contributed by atoms with Gasteiger partial charge in [-0.05, 0) is 18.0 Å². The van der Waals surface area contributed by atoms with Gasteiger partial charge in [0.2, 0.25) is 5.28 Å². The van der Waals surface area contributed by atoms with Gasteiger partial charge in [-0.2, -0.15) is 4.98 Å². The van der Waals surface area contributed by atoms with Crippen molar-refractivity contribution in [3.05, 3.63) is 22.5 Å². The fraction of sp³-hybridized carbons (Fsp3) is 0.462. The van der Waals surface area contributed by atoms with Gasteiger partial charge >= 0.3 is 0 Å². The standard InChI is InChI=1S/C13H10Cl3FN4O/c14-6-9-10(6)22-3-1-2-21(9)12-5-4-18-11(15)7(17)8(5)19-13(16)20-12/h4,6,9-10H,1-3H2. The summed E-state index contributed by atoms with van der Waals surface area (Å²) in [5.74, 6) is -0.188. The molecule has 1 aliphatic heterocycles. The Labute approximate surface area is 140 Å². The highest BCUT2D eigenvalue weighted by atomic mass is 35.5. The molecule has 0 amide bonds. The van der Waals surface area contributed by atoms with Gasteiger partial charge in [0.25, 0.3) is 0 Å². The molecule has 1 saturated carbocycles. The number of nitrogens with zero attached hydrogens (tertiary/aromatic N) is 4. The molecule has 4 rings (SSSR count). The van der Waals surface area contributed by atoms with Gasteiger partial charge in [0.15, 0.2) is 11.0 Å². The Morgan fingerprint density at radius 2 is 2.14 bits per heavy atom. The zero-order valence-corrected chi connectivity index (χ0v) is 13.4. The van der Waals surface area contributed by atoms with E-state index in [0.29, 0.717) is 24.4 Å². The molecule has 3 atom stereocenters. The fourth-order valence-electron chi connectivity index (χ4n) is 2.84. The first kappa shape index (κ1) is 14.6. The molecule has 22 heavy (non-hydrogen) atoms. The van der Waals surface area contributed by atoms with Gasteiger partial charge in [-0.25, -0.2) is 14.4 Å². The van der Waals surface area contributed by atoms with Crippen molar-refractivity contribution in [1.82, 2.24) is 15.0 Å². The number of anilines is 1. The largest absolute Gasteiger partial charge is 0.374 e. The number of rotatable bonds is 1. The van der Waals surface area contributed by atoms with Crippen LogP contribution < -0.4 is 4.90 Å². The molecule has 1 saturated heterocycles. The highest BCUT2D eigenvalue weighted by Crippen LogP contribution is 2.42. The van der Waals surface area contributed by atoms with Crippen LogP contribution in [-0.4, -0.2) is 45.6 Å². The third kappa shape index (κ3) is 2.21. The van der Waals surface area contributed by atoms with Crippen LogP contribution in [0.2, 0.25) is 10.4 Å². The summed E-state index contributed by atoms with van der Waals surface area (Å²) in [7, 11) is 0. The van der Waals surface area contributed by atoms with E-state index in [1.54, 1.807) is 0 Å². The van der Waals surface area contributed by atoms with Crippen LogP contribution in [0.5, 0.6) is 0 Å². The van der Waals surface area contributed by atoms with Crippen molar-refractivity contribution >= 4 is 51.5 Å². The lowest BCUT2D eigenvalue weighted by atomic mass is 10.2. The quantitative estimate of drug-likeness (QED) is 0.443. The van der Waals surface area contributed by atoms with Crippen LogP contribution in [0.25, 0.3) is 10.9 Å². The molecule has 0 radical (unpaired) electrons. The van der Waals surface area contributed by atoms with Crippen molar-refractivity contribution in [2.45, 2.75) is 23.9 Å². The number of fused-ring (bicyclic) bond motifs is 2. The third-order valence-electron chi connectivity index (χ3n) is 3.92. The SMILES string of the molecule is Fc1c(Cl)ncc2c(N3CCCOC4C(Cl)C43)nc(Cl)nc12. The molecule has 2 aromatic heterocycles. The van der Waals surface area contributed by atoms with Gasteiger partial charge in [-0.3, -0.25) is 0 Å². The minimum absolute atomic E-state index is 0.00271. The van der Waals surface area contributed by atoms with Gasteiger partial charge in [0, 0.05) is 19.3 Å². The minimum Gasteiger partial charge on any atom is -0.374 e. The number of halogens is 4. The highest BCUT2D eigenvalue weighted by molar-refractivity contribution is 6.31. The molecular formula is C13H10Cl3FN4O. The van der Waals surface area contributed by atoms with Crippen molar-refractivity contribution in [3.8, 4) is 0 Å². The molecular weight excluding hydrogens is 354 g/mol. The van der Waals surface area contributed by atoms with Crippen LogP contribution in [-0.2, 0) is 4.74 Å². The van der Waals surface area contributed by atoms with E-state index in [4.69, 9.17) is 39.5 Å². The highest BCUT2D eigenvalue weighted by Gasteiger charge is 2.55. The van der Waals surface area contributed by atoms with Crippen LogP contribution >= 0.6 is 34.8 Å². The molecule has 0 aromatic carbocycles. The van der Waals surface area contributed by atoms with Gasteiger partial charge in [0.05, 0.1) is 22.9 Å². The van der Waals surface area contributed by atoms with Gasteiger partial charge in [-0.1, -0.05) is 11.6 Å². The maximum atomic E-state index is 14.2. The van der Waals surface area contributed by atoms with Crippen LogP contribution in [0.1, 0.15) is 6.42 Å².